The molecule has 23 heavy (non-hydrogen) atoms. The minimum absolute atomic E-state index is 0.0590. The first-order chi connectivity index (χ1) is 11.2. The Morgan fingerprint density at radius 1 is 1.30 bits per heavy atom. The summed E-state index contributed by atoms with van der Waals surface area (Å²) in [5.74, 6) is 0.379. The number of rotatable bonds is 5. The molecule has 5 nitrogen and oxygen atoms in total. The van der Waals surface area contributed by atoms with Gasteiger partial charge in [-0.1, -0.05) is 29.8 Å². The summed E-state index contributed by atoms with van der Waals surface area (Å²) in [6.45, 7) is 3.86. The fourth-order valence-electron chi connectivity index (χ4n) is 2.35. The van der Waals surface area contributed by atoms with Gasteiger partial charge in [-0.2, -0.15) is 0 Å². The SMILES string of the molecule is Cc1ccc(CNC(=O)c2ccc(OC3CCOC3)nc2)cc1. The van der Waals surface area contributed by atoms with Gasteiger partial charge in [-0.15, -0.1) is 0 Å². The molecule has 0 saturated carbocycles. The molecule has 0 bridgehead atoms. The smallest absolute Gasteiger partial charge is 0.253 e. The summed E-state index contributed by atoms with van der Waals surface area (Å²) >= 11 is 0. The number of carbonyl (C=O) groups is 1. The number of ether oxygens (including phenoxy) is 2. The molecule has 1 atom stereocenters. The fourth-order valence-corrected chi connectivity index (χ4v) is 2.35. The Hall–Kier alpha value is -2.40. The quantitative estimate of drug-likeness (QED) is 0.921. The molecule has 0 radical (unpaired) electrons. The van der Waals surface area contributed by atoms with Crippen molar-refractivity contribution in [2.75, 3.05) is 13.2 Å². The Labute approximate surface area is 135 Å². The van der Waals surface area contributed by atoms with Crippen LogP contribution in [0.1, 0.15) is 27.9 Å². The van der Waals surface area contributed by atoms with Crippen LogP contribution in [-0.4, -0.2) is 30.2 Å². The van der Waals surface area contributed by atoms with Crippen LogP contribution in [0.3, 0.4) is 0 Å². The molecule has 1 fully saturated rings. The van der Waals surface area contributed by atoms with Gasteiger partial charge in [-0.3, -0.25) is 4.79 Å². The highest BCUT2D eigenvalue weighted by Gasteiger charge is 2.17. The molecule has 5 heteroatoms. The molecule has 3 rings (SSSR count). The lowest BCUT2D eigenvalue weighted by Gasteiger charge is -2.11. The van der Waals surface area contributed by atoms with E-state index in [4.69, 9.17) is 9.47 Å². The largest absolute Gasteiger partial charge is 0.472 e. The van der Waals surface area contributed by atoms with Crippen molar-refractivity contribution in [3.05, 3.63) is 59.3 Å². The van der Waals surface area contributed by atoms with Crippen LogP contribution in [0.15, 0.2) is 42.6 Å². The third kappa shape index (κ3) is 4.29. The van der Waals surface area contributed by atoms with Gasteiger partial charge in [0.25, 0.3) is 5.91 Å². The van der Waals surface area contributed by atoms with Crippen LogP contribution in [0.5, 0.6) is 5.88 Å². The second kappa shape index (κ2) is 7.24. The van der Waals surface area contributed by atoms with Gasteiger partial charge in [0.05, 0.1) is 18.8 Å². The van der Waals surface area contributed by atoms with Crippen molar-refractivity contribution in [3.8, 4) is 5.88 Å². The Kier molecular flexibility index (Phi) is 4.88. The number of amides is 1. The van der Waals surface area contributed by atoms with Crippen molar-refractivity contribution in [1.29, 1.82) is 0 Å². The molecule has 1 aromatic heterocycles. The van der Waals surface area contributed by atoms with Gasteiger partial charge >= 0.3 is 0 Å². The van der Waals surface area contributed by atoms with Crippen molar-refractivity contribution in [2.45, 2.75) is 26.0 Å². The topological polar surface area (TPSA) is 60.5 Å². The van der Waals surface area contributed by atoms with E-state index in [1.165, 1.54) is 11.8 Å². The van der Waals surface area contributed by atoms with Gasteiger partial charge < -0.3 is 14.8 Å². The predicted octanol–water partition coefficient (Wildman–Crippen LogP) is 2.49. The third-order valence-electron chi connectivity index (χ3n) is 3.75. The number of pyridine rings is 1. The number of carbonyl (C=O) groups excluding carboxylic acids is 1. The number of hydrogen-bond donors (Lipinski definition) is 1. The number of aromatic nitrogens is 1. The van der Waals surface area contributed by atoms with Crippen LogP contribution in [0, 0.1) is 6.92 Å². The zero-order valence-corrected chi connectivity index (χ0v) is 13.1. The fraction of sp³-hybridized carbons (Fsp3) is 0.333. The summed E-state index contributed by atoms with van der Waals surface area (Å²) in [5.41, 5.74) is 2.79. The summed E-state index contributed by atoms with van der Waals surface area (Å²) in [7, 11) is 0. The predicted molar refractivity (Wildman–Crippen MR) is 86.4 cm³/mol. The molecular formula is C18H20N2O3. The standard InChI is InChI=1S/C18H20N2O3/c1-13-2-4-14(5-3-13)10-20-18(21)15-6-7-17(19-11-15)23-16-8-9-22-12-16/h2-7,11,16H,8-10,12H2,1H3,(H,20,21). The maximum Gasteiger partial charge on any atom is 0.253 e. The van der Waals surface area contributed by atoms with Crippen molar-refractivity contribution in [1.82, 2.24) is 10.3 Å². The van der Waals surface area contributed by atoms with Gasteiger partial charge in [-0.25, -0.2) is 4.98 Å². The van der Waals surface area contributed by atoms with Crippen LogP contribution in [0.4, 0.5) is 0 Å². The van der Waals surface area contributed by atoms with E-state index in [0.717, 1.165) is 18.6 Å². The maximum absolute atomic E-state index is 12.1. The third-order valence-corrected chi connectivity index (χ3v) is 3.75. The molecule has 120 valence electrons. The average Bonchev–Trinajstić information content (AvgIpc) is 3.08. The highest BCUT2D eigenvalue weighted by molar-refractivity contribution is 5.93. The van der Waals surface area contributed by atoms with Crippen LogP contribution >= 0.6 is 0 Å². The molecule has 1 N–H and O–H groups in total. The van der Waals surface area contributed by atoms with Gasteiger partial charge in [-0.05, 0) is 18.6 Å². The van der Waals surface area contributed by atoms with Crippen molar-refractivity contribution >= 4 is 5.91 Å². The van der Waals surface area contributed by atoms with Crippen LogP contribution in [-0.2, 0) is 11.3 Å². The van der Waals surface area contributed by atoms with Gasteiger partial charge in [0, 0.05) is 25.2 Å². The van der Waals surface area contributed by atoms with E-state index in [2.05, 4.69) is 10.3 Å². The highest BCUT2D eigenvalue weighted by atomic mass is 16.5. The summed E-state index contributed by atoms with van der Waals surface area (Å²) in [4.78, 5) is 16.3. The van der Waals surface area contributed by atoms with Gasteiger partial charge in [0.15, 0.2) is 0 Å². The summed E-state index contributed by atoms with van der Waals surface area (Å²) in [6, 6.07) is 11.5. The summed E-state index contributed by atoms with van der Waals surface area (Å²) < 4.78 is 10.9. The second-order valence-corrected chi connectivity index (χ2v) is 5.66. The first-order valence-electron chi connectivity index (χ1n) is 7.75. The number of benzene rings is 1. The molecule has 1 amide bonds. The van der Waals surface area contributed by atoms with Gasteiger partial charge in [0.1, 0.15) is 6.10 Å². The lowest BCUT2D eigenvalue weighted by molar-refractivity contribution is 0.0950. The molecule has 2 heterocycles. The minimum Gasteiger partial charge on any atom is -0.472 e. The van der Waals surface area contributed by atoms with Crippen LogP contribution < -0.4 is 10.1 Å². The number of aryl methyl sites for hydroxylation is 1. The Balaban J connectivity index is 1.53. The van der Waals surface area contributed by atoms with E-state index in [-0.39, 0.29) is 12.0 Å². The second-order valence-electron chi connectivity index (χ2n) is 5.66. The lowest BCUT2D eigenvalue weighted by atomic mass is 10.1. The molecular weight excluding hydrogens is 292 g/mol. The van der Waals surface area contributed by atoms with E-state index in [1.54, 1.807) is 12.1 Å². The molecule has 1 saturated heterocycles. The zero-order valence-electron chi connectivity index (χ0n) is 13.1. The summed E-state index contributed by atoms with van der Waals surface area (Å²) in [5, 5.41) is 2.89. The molecule has 2 aromatic rings. The van der Waals surface area contributed by atoms with Crippen molar-refractivity contribution in [2.24, 2.45) is 0 Å². The Morgan fingerprint density at radius 2 is 2.13 bits per heavy atom. The minimum atomic E-state index is -0.145. The molecule has 1 aliphatic rings. The number of nitrogens with zero attached hydrogens (tertiary/aromatic N) is 1. The first kappa shape index (κ1) is 15.5. The number of nitrogens with one attached hydrogen (secondary N) is 1. The monoisotopic (exact) mass is 312 g/mol. The van der Waals surface area contributed by atoms with Gasteiger partial charge in [0.2, 0.25) is 5.88 Å². The Bertz CT molecular complexity index is 647. The number of hydrogen-bond acceptors (Lipinski definition) is 4. The van der Waals surface area contributed by atoms with Crippen molar-refractivity contribution in [3.63, 3.8) is 0 Å². The molecule has 0 spiro atoms. The molecule has 1 aliphatic heterocycles. The normalized spacial score (nSPS) is 17.0. The van der Waals surface area contributed by atoms with E-state index in [1.807, 2.05) is 31.2 Å². The summed E-state index contributed by atoms with van der Waals surface area (Å²) in [6.07, 6.45) is 2.47. The first-order valence-corrected chi connectivity index (χ1v) is 7.75. The van der Waals surface area contributed by atoms with E-state index >= 15 is 0 Å². The van der Waals surface area contributed by atoms with Crippen LogP contribution in [0.2, 0.25) is 0 Å². The molecule has 1 unspecified atom stereocenters. The Morgan fingerprint density at radius 3 is 2.78 bits per heavy atom. The van der Waals surface area contributed by atoms with Crippen molar-refractivity contribution < 1.29 is 14.3 Å². The maximum atomic E-state index is 12.1. The van der Waals surface area contributed by atoms with Crippen LogP contribution in [0.25, 0.3) is 0 Å². The lowest BCUT2D eigenvalue weighted by Crippen LogP contribution is -2.23. The molecule has 0 aliphatic carbocycles. The van der Waals surface area contributed by atoms with E-state index in [9.17, 15) is 4.79 Å². The van der Waals surface area contributed by atoms with E-state index < -0.39 is 0 Å². The molecule has 1 aromatic carbocycles. The average molecular weight is 312 g/mol. The van der Waals surface area contributed by atoms with E-state index in [0.29, 0.717) is 24.6 Å². The highest BCUT2D eigenvalue weighted by Crippen LogP contribution is 2.14. The zero-order chi connectivity index (χ0) is 16.1.